The Kier molecular flexibility index (Phi) is 4.23. The van der Waals surface area contributed by atoms with E-state index in [0.717, 1.165) is 0 Å². The zero-order chi connectivity index (χ0) is 15.8. The average Bonchev–Trinajstić information content (AvgIpc) is 2.76. The van der Waals surface area contributed by atoms with Gasteiger partial charge in [0, 0.05) is 0 Å². The van der Waals surface area contributed by atoms with E-state index in [4.69, 9.17) is 4.74 Å². The Bertz CT molecular complexity index is 596. The molecule has 0 aromatic carbocycles. The second-order valence-electron chi connectivity index (χ2n) is 6.21. The van der Waals surface area contributed by atoms with Gasteiger partial charge in [-0.05, 0) is 36.6 Å². The second kappa shape index (κ2) is 5.64. The first-order valence-electron chi connectivity index (χ1n) is 6.90. The van der Waals surface area contributed by atoms with E-state index in [2.05, 4.69) is 25.2 Å². The zero-order valence-electron chi connectivity index (χ0n) is 13.0. The maximum Gasteiger partial charge on any atom is 0.340 e. The van der Waals surface area contributed by atoms with Crippen molar-refractivity contribution in [3.05, 3.63) is 28.7 Å². The third-order valence-electron chi connectivity index (χ3n) is 4.01. The van der Waals surface area contributed by atoms with Gasteiger partial charge in [-0.15, -0.1) is 11.3 Å². The van der Waals surface area contributed by atoms with Gasteiger partial charge >= 0.3 is 5.97 Å². The first-order chi connectivity index (χ1) is 9.78. The second-order valence-corrected chi connectivity index (χ2v) is 7.13. The summed E-state index contributed by atoms with van der Waals surface area (Å²) >= 11 is 1.33. The van der Waals surface area contributed by atoms with Crippen molar-refractivity contribution in [2.24, 2.45) is 17.3 Å². The van der Waals surface area contributed by atoms with Crippen LogP contribution in [0.5, 0.6) is 0 Å². The molecule has 0 saturated heterocycles. The predicted molar refractivity (Wildman–Crippen MR) is 84.5 cm³/mol. The van der Waals surface area contributed by atoms with E-state index < -0.39 is 5.97 Å². The predicted octanol–water partition coefficient (Wildman–Crippen LogP) is 3.71. The summed E-state index contributed by atoms with van der Waals surface area (Å²) in [5, 5.41) is 5.21. The lowest BCUT2D eigenvalue weighted by molar-refractivity contribution is -0.118. The minimum Gasteiger partial charge on any atom is -0.465 e. The molecule has 0 radical (unpaired) electrons. The van der Waals surface area contributed by atoms with Crippen LogP contribution in [0, 0.1) is 17.3 Å². The lowest BCUT2D eigenvalue weighted by atomic mass is 10.1. The Morgan fingerprint density at radius 2 is 2.05 bits per heavy atom. The van der Waals surface area contributed by atoms with Crippen LogP contribution in [-0.2, 0) is 9.53 Å². The summed E-state index contributed by atoms with van der Waals surface area (Å²) in [7, 11) is 1.33. The largest absolute Gasteiger partial charge is 0.465 e. The molecule has 1 N–H and O–H groups in total. The Hall–Kier alpha value is -1.62. The summed E-state index contributed by atoms with van der Waals surface area (Å²) in [5.74, 6) is -0.262. The van der Waals surface area contributed by atoms with Gasteiger partial charge < -0.3 is 10.1 Å². The van der Waals surface area contributed by atoms with Crippen molar-refractivity contribution in [2.45, 2.75) is 27.7 Å². The van der Waals surface area contributed by atoms with E-state index >= 15 is 0 Å². The fraction of sp³-hybridized carbons (Fsp3) is 0.500. The number of methoxy groups -OCH3 is 1. The van der Waals surface area contributed by atoms with Gasteiger partial charge in [0.2, 0.25) is 5.91 Å². The van der Waals surface area contributed by atoms with E-state index in [-0.39, 0.29) is 23.2 Å². The number of ether oxygens (including phenoxy) is 1. The molecule has 0 bridgehead atoms. The Labute approximate surface area is 129 Å². The molecule has 1 heterocycles. The summed E-state index contributed by atoms with van der Waals surface area (Å²) in [6.45, 7) is 8.27. The van der Waals surface area contributed by atoms with Crippen LogP contribution in [-0.4, -0.2) is 19.0 Å². The number of amides is 1. The molecule has 0 unspecified atom stereocenters. The molecule has 2 rings (SSSR count). The molecule has 21 heavy (non-hydrogen) atoms. The summed E-state index contributed by atoms with van der Waals surface area (Å²) < 4.78 is 4.71. The smallest absolute Gasteiger partial charge is 0.340 e. The van der Waals surface area contributed by atoms with Crippen LogP contribution in [0.3, 0.4) is 0 Å². The highest BCUT2D eigenvalue weighted by Crippen LogP contribution is 2.59. The fourth-order valence-corrected chi connectivity index (χ4v) is 3.49. The molecule has 2 atom stereocenters. The van der Waals surface area contributed by atoms with E-state index in [1.54, 1.807) is 11.4 Å². The molecule has 1 amide bonds. The van der Waals surface area contributed by atoms with Crippen molar-refractivity contribution in [1.82, 2.24) is 0 Å². The number of hydrogen-bond donors (Lipinski definition) is 1. The highest BCUT2D eigenvalue weighted by atomic mass is 32.1. The molecule has 1 fully saturated rings. The maximum atomic E-state index is 12.5. The lowest BCUT2D eigenvalue weighted by Gasteiger charge is -2.06. The molecule has 1 aliphatic rings. The van der Waals surface area contributed by atoms with Gasteiger partial charge in [0.05, 0.1) is 18.6 Å². The van der Waals surface area contributed by atoms with Crippen LogP contribution in [0.1, 0.15) is 38.1 Å². The summed E-state index contributed by atoms with van der Waals surface area (Å²) in [6, 6.07) is 1.66. The number of nitrogens with one attached hydrogen (secondary N) is 1. The van der Waals surface area contributed by atoms with E-state index in [0.29, 0.717) is 10.6 Å². The Balaban J connectivity index is 2.12. The molecule has 1 aromatic heterocycles. The highest BCUT2D eigenvalue weighted by molar-refractivity contribution is 7.14. The average molecular weight is 307 g/mol. The van der Waals surface area contributed by atoms with E-state index in [1.807, 2.05) is 13.8 Å². The number of rotatable bonds is 4. The SMILES string of the molecule is COC(=O)c1ccsc1NC(=O)[C@@H]1[C@@H](C=C(C)C)C1(C)C. The standard InChI is InChI=1S/C16H21NO3S/c1-9(2)8-11-12(16(11,3)4)13(18)17-14-10(6-7-21-14)15(19)20-5/h6-8,11-12H,1-5H3,(H,17,18)/t11-,12+/m1/s1. The van der Waals surface area contributed by atoms with Gasteiger partial charge in [-0.2, -0.15) is 0 Å². The number of hydrogen-bond acceptors (Lipinski definition) is 4. The van der Waals surface area contributed by atoms with Crippen molar-refractivity contribution >= 4 is 28.2 Å². The molecule has 1 saturated carbocycles. The number of allylic oxidation sites excluding steroid dienone is 2. The van der Waals surface area contributed by atoms with E-state index in [9.17, 15) is 9.59 Å². The number of thiophene rings is 1. The minimum atomic E-state index is -0.428. The Morgan fingerprint density at radius 3 is 2.62 bits per heavy atom. The third-order valence-corrected chi connectivity index (χ3v) is 4.84. The van der Waals surface area contributed by atoms with Crippen LogP contribution in [0.2, 0.25) is 0 Å². The first kappa shape index (κ1) is 15.8. The van der Waals surface area contributed by atoms with Gasteiger partial charge in [0.25, 0.3) is 0 Å². The zero-order valence-corrected chi connectivity index (χ0v) is 13.8. The topological polar surface area (TPSA) is 55.4 Å². The van der Waals surface area contributed by atoms with Crippen molar-refractivity contribution in [3.8, 4) is 0 Å². The van der Waals surface area contributed by atoms with Gasteiger partial charge in [-0.1, -0.05) is 25.5 Å². The highest BCUT2D eigenvalue weighted by Gasteiger charge is 2.60. The van der Waals surface area contributed by atoms with Crippen LogP contribution < -0.4 is 5.32 Å². The maximum absolute atomic E-state index is 12.5. The first-order valence-corrected chi connectivity index (χ1v) is 7.78. The third kappa shape index (κ3) is 3.02. The minimum absolute atomic E-state index is 0.0323. The summed E-state index contributed by atoms with van der Waals surface area (Å²) in [4.78, 5) is 24.1. The van der Waals surface area contributed by atoms with Crippen molar-refractivity contribution in [1.29, 1.82) is 0 Å². The molecular weight excluding hydrogens is 286 g/mol. The van der Waals surface area contributed by atoms with Crippen LogP contribution in [0.15, 0.2) is 23.1 Å². The lowest BCUT2D eigenvalue weighted by Crippen LogP contribution is -2.18. The Morgan fingerprint density at radius 1 is 1.38 bits per heavy atom. The van der Waals surface area contributed by atoms with Crippen LogP contribution >= 0.6 is 11.3 Å². The number of carbonyl (C=O) groups excluding carboxylic acids is 2. The normalized spacial score (nSPS) is 22.3. The van der Waals surface area contributed by atoms with Crippen LogP contribution in [0.4, 0.5) is 5.00 Å². The quantitative estimate of drug-likeness (QED) is 0.681. The van der Waals surface area contributed by atoms with Gasteiger partial charge in [-0.25, -0.2) is 4.79 Å². The van der Waals surface area contributed by atoms with Crippen LogP contribution in [0.25, 0.3) is 0 Å². The molecule has 1 aliphatic carbocycles. The fourth-order valence-electron chi connectivity index (χ4n) is 2.72. The van der Waals surface area contributed by atoms with Crippen molar-refractivity contribution in [3.63, 3.8) is 0 Å². The summed E-state index contributed by atoms with van der Waals surface area (Å²) in [6.07, 6.45) is 2.15. The van der Waals surface area contributed by atoms with E-state index in [1.165, 1.54) is 24.0 Å². The number of anilines is 1. The molecule has 0 aliphatic heterocycles. The number of carbonyl (C=O) groups is 2. The van der Waals surface area contributed by atoms with Gasteiger partial charge in [-0.3, -0.25) is 4.79 Å². The molecule has 5 heteroatoms. The number of esters is 1. The molecule has 4 nitrogen and oxygen atoms in total. The molecular formula is C16H21NO3S. The molecule has 114 valence electrons. The van der Waals surface area contributed by atoms with Crippen molar-refractivity contribution in [2.75, 3.05) is 12.4 Å². The van der Waals surface area contributed by atoms with Gasteiger partial charge in [0.1, 0.15) is 5.00 Å². The van der Waals surface area contributed by atoms with Crippen molar-refractivity contribution < 1.29 is 14.3 Å². The van der Waals surface area contributed by atoms with Gasteiger partial charge in [0.15, 0.2) is 0 Å². The molecule has 0 spiro atoms. The molecule has 1 aromatic rings. The summed E-state index contributed by atoms with van der Waals surface area (Å²) in [5.41, 5.74) is 1.59. The monoisotopic (exact) mass is 307 g/mol.